The first-order valence-electron chi connectivity index (χ1n) is 8.55. The fraction of sp³-hybridized carbons (Fsp3) is 0.389. The number of aryl methyl sites for hydroxylation is 1. The summed E-state index contributed by atoms with van der Waals surface area (Å²) in [5, 5.41) is 7.66. The van der Waals surface area contributed by atoms with E-state index >= 15 is 0 Å². The molecule has 0 radical (unpaired) electrons. The van der Waals surface area contributed by atoms with Crippen LogP contribution in [0.15, 0.2) is 36.7 Å². The van der Waals surface area contributed by atoms with E-state index in [1.54, 1.807) is 4.52 Å². The number of piperidine rings is 1. The minimum atomic E-state index is 0.623. The molecule has 0 spiro atoms. The molecule has 1 aromatic carbocycles. The van der Waals surface area contributed by atoms with Crippen LogP contribution in [-0.2, 0) is 6.54 Å². The van der Waals surface area contributed by atoms with Crippen LogP contribution in [0, 0.1) is 6.92 Å². The highest BCUT2D eigenvalue weighted by Crippen LogP contribution is 2.20. The number of fused-ring (bicyclic) bond motifs is 1. The van der Waals surface area contributed by atoms with Gasteiger partial charge in [0, 0.05) is 37.1 Å². The minimum absolute atomic E-state index is 0.623. The summed E-state index contributed by atoms with van der Waals surface area (Å²) in [6.07, 6.45) is 5.50. The zero-order chi connectivity index (χ0) is 16.4. The van der Waals surface area contributed by atoms with Crippen molar-refractivity contribution in [1.82, 2.24) is 19.6 Å². The molecule has 0 unspecified atom stereocenters. The molecule has 0 atom stereocenters. The SMILES string of the molecule is Cc1cc(NCc2ccc(N3CCCCC3)cc2)n2ncnc2n1. The van der Waals surface area contributed by atoms with Crippen molar-refractivity contribution in [2.45, 2.75) is 32.7 Å². The normalized spacial score (nSPS) is 15.0. The Kier molecular flexibility index (Phi) is 4.02. The molecule has 6 nitrogen and oxygen atoms in total. The molecule has 0 bridgehead atoms. The summed E-state index contributed by atoms with van der Waals surface area (Å²) in [6, 6.07) is 10.8. The van der Waals surface area contributed by atoms with Gasteiger partial charge >= 0.3 is 0 Å². The summed E-state index contributed by atoms with van der Waals surface area (Å²) >= 11 is 0. The van der Waals surface area contributed by atoms with Gasteiger partial charge in [0.15, 0.2) is 0 Å². The van der Waals surface area contributed by atoms with Crippen LogP contribution in [0.2, 0.25) is 0 Å². The highest BCUT2D eigenvalue weighted by molar-refractivity contribution is 5.49. The van der Waals surface area contributed by atoms with Gasteiger partial charge < -0.3 is 10.2 Å². The van der Waals surface area contributed by atoms with Crippen molar-refractivity contribution in [3.8, 4) is 0 Å². The molecule has 2 aromatic heterocycles. The quantitative estimate of drug-likeness (QED) is 0.800. The first-order valence-corrected chi connectivity index (χ1v) is 8.55. The number of hydrogen-bond donors (Lipinski definition) is 1. The summed E-state index contributed by atoms with van der Waals surface area (Å²) in [5.74, 6) is 1.54. The number of nitrogens with zero attached hydrogens (tertiary/aromatic N) is 5. The van der Waals surface area contributed by atoms with E-state index < -0.39 is 0 Å². The number of anilines is 2. The Morgan fingerprint density at radius 2 is 1.88 bits per heavy atom. The number of hydrogen-bond acceptors (Lipinski definition) is 5. The molecule has 3 heterocycles. The fourth-order valence-electron chi connectivity index (χ4n) is 3.23. The van der Waals surface area contributed by atoms with Crippen LogP contribution in [0.3, 0.4) is 0 Å². The van der Waals surface area contributed by atoms with Crippen molar-refractivity contribution in [3.63, 3.8) is 0 Å². The lowest BCUT2D eigenvalue weighted by Crippen LogP contribution is -2.29. The third kappa shape index (κ3) is 3.04. The molecule has 4 rings (SSSR count). The van der Waals surface area contributed by atoms with E-state index in [0.717, 1.165) is 18.1 Å². The number of benzene rings is 1. The maximum absolute atomic E-state index is 4.36. The van der Waals surface area contributed by atoms with Crippen molar-refractivity contribution in [2.75, 3.05) is 23.3 Å². The first kappa shape index (κ1) is 14.9. The van der Waals surface area contributed by atoms with Gasteiger partial charge in [-0.05, 0) is 43.9 Å². The first-order chi connectivity index (χ1) is 11.8. The molecule has 1 saturated heterocycles. The molecule has 1 aliphatic rings. The molecule has 0 saturated carbocycles. The Balaban J connectivity index is 1.46. The second-order valence-corrected chi connectivity index (χ2v) is 6.32. The van der Waals surface area contributed by atoms with Crippen molar-refractivity contribution in [2.24, 2.45) is 0 Å². The smallest absolute Gasteiger partial charge is 0.254 e. The average molecular weight is 322 g/mol. The van der Waals surface area contributed by atoms with E-state index in [1.807, 2.05) is 13.0 Å². The predicted octanol–water partition coefficient (Wildman–Crippen LogP) is 3.04. The summed E-state index contributed by atoms with van der Waals surface area (Å²) < 4.78 is 1.73. The Morgan fingerprint density at radius 3 is 2.67 bits per heavy atom. The molecular weight excluding hydrogens is 300 g/mol. The highest BCUT2D eigenvalue weighted by atomic mass is 15.3. The van der Waals surface area contributed by atoms with Gasteiger partial charge in [-0.25, -0.2) is 4.98 Å². The summed E-state index contributed by atoms with van der Waals surface area (Å²) in [7, 11) is 0. The average Bonchev–Trinajstić information content (AvgIpc) is 3.09. The molecule has 6 heteroatoms. The van der Waals surface area contributed by atoms with E-state index in [9.17, 15) is 0 Å². The van der Waals surface area contributed by atoms with Gasteiger partial charge in [0.25, 0.3) is 5.78 Å². The molecule has 124 valence electrons. The van der Waals surface area contributed by atoms with E-state index in [1.165, 1.54) is 49.9 Å². The van der Waals surface area contributed by atoms with Gasteiger partial charge in [0.2, 0.25) is 0 Å². The highest BCUT2D eigenvalue weighted by Gasteiger charge is 2.10. The third-order valence-electron chi connectivity index (χ3n) is 4.51. The van der Waals surface area contributed by atoms with E-state index in [0.29, 0.717) is 5.78 Å². The lowest BCUT2D eigenvalue weighted by molar-refractivity contribution is 0.578. The monoisotopic (exact) mass is 322 g/mol. The summed E-state index contributed by atoms with van der Waals surface area (Å²) in [6.45, 7) is 5.07. The van der Waals surface area contributed by atoms with Crippen LogP contribution in [0.4, 0.5) is 11.5 Å². The van der Waals surface area contributed by atoms with Crippen LogP contribution < -0.4 is 10.2 Å². The van der Waals surface area contributed by atoms with Crippen LogP contribution in [-0.4, -0.2) is 32.7 Å². The zero-order valence-electron chi connectivity index (χ0n) is 13.9. The minimum Gasteiger partial charge on any atom is -0.372 e. The lowest BCUT2D eigenvalue weighted by atomic mass is 10.1. The van der Waals surface area contributed by atoms with E-state index in [4.69, 9.17) is 0 Å². The second kappa shape index (κ2) is 6.47. The van der Waals surface area contributed by atoms with Gasteiger partial charge in [-0.15, -0.1) is 0 Å². The largest absolute Gasteiger partial charge is 0.372 e. The van der Waals surface area contributed by atoms with Crippen molar-refractivity contribution >= 4 is 17.3 Å². The van der Waals surface area contributed by atoms with Crippen LogP contribution in [0.1, 0.15) is 30.5 Å². The van der Waals surface area contributed by atoms with E-state index in [2.05, 4.69) is 49.5 Å². The van der Waals surface area contributed by atoms with Crippen LogP contribution >= 0.6 is 0 Å². The Morgan fingerprint density at radius 1 is 1.08 bits per heavy atom. The number of nitrogens with one attached hydrogen (secondary N) is 1. The van der Waals surface area contributed by atoms with Gasteiger partial charge in [-0.3, -0.25) is 0 Å². The summed E-state index contributed by atoms with van der Waals surface area (Å²) in [4.78, 5) is 11.0. The molecule has 24 heavy (non-hydrogen) atoms. The molecule has 1 fully saturated rings. The molecule has 1 N–H and O–H groups in total. The molecule has 3 aromatic rings. The maximum Gasteiger partial charge on any atom is 0.254 e. The van der Waals surface area contributed by atoms with Crippen LogP contribution in [0.5, 0.6) is 0 Å². The zero-order valence-corrected chi connectivity index (χ0v) is 13.9. The molecule has 0 aliphatic carbocycles. The molecule has 0 amide bonds. The molecular formula is C18H22N6. The number of aromatic nitrogens is 4. The van der Waals surface area contributed by atoms with E-state index in [-0.39, 0.29) is 0 Å². The van der Waals surface area contributed by atoms with Crippen molar-refractivity contribution in [1.29, 1.82) is 0 Å². The Labute approximate surface area is 141 Å². The standard InChI is InChI=1S/C18H22N6/c1-14-11-17(24-18(22-14)20-13-21-24)19-12-15-5-7-16(8-6-15)23-9-3-2-4-10-23/h5-8,11,13,19H,2-4,9-10,12H2,1H3. The van der Waals surface area contributed by atoms with Crippen molar-refractivity contribution in [3.05, 3.63) is 47.9 Å². The Bertz CT molecular complexity index is 817. The topological polar surface area (TPSA) is 58.4 Å². The maximum atomic E-state index is 4.36. The van der Waals surface area contributed by atoms with Gasteiger partial charge in [-0.2, -0.15) is 14.6 Å². The summed E-state index contributed by atoms with van der Waals surface area (Å²) in [5.41, 5.74) is 3.51. The van der Waals surface area contributed by atoms with Gasteiger partial charge in [0.1, 0.15) is 12.1 Å². The van der Waals surface area contributed by atoms with Crippen molar-refractivity contribution < 1.29 is 0 Å². The fourth-order valence-corrected chi connectivity index (χ4v) is 3.23. The molecule has 1 aliphatic heterocycles. The lowest BCUT2D eigenvalue weighted by Gasteiger charge is -2.28. The van der Waals surface area contributed by atoms with Gasteiger partial charge in [-0.1, -0.05) is 12.1 Å². The number of rotatable bonds is 4. The van der Waals surface area contributed by atoms with Crippen LogP contribution in [0.25, 0.3) is 5.78 Å². The predicted molar refractivity (Wildman–Crippen MR) is 95.4 cm³/mol. The second-order valence-electron chi connectivity index (χ2n) is 6.32. The Hall–Kier alpha value is -2.63. The third-order valence-corrected chi connectivity index (χ3v) is 4.51. The van der Waals surface area contributed by atoms with Gasteiger partial charge in [0.05, 0.1) is 0 Å².